The second kappa shape index (κ2) is 7.48. The molecule has 0 aliphatic carbocycles. The summed E-state index contributed by atoms with van der Waals surface area (Å²) >= 11 is 0. The molecule has 1 N–H and O–H groups in total. The Hall–Kier alpha value is -2.92. The number of pyridine rings is 1. The van der Waals surface area contributed by atoms with Crippen LogP contribution in [0.2, 0.25) is 0 Å². The van der Waals surface area contributed by atoms with Crippen LogP contribution in [0.5, 0.6) is 0 Å². The van der Waals surface area contributed by atoms with E-state index in [9.17, 15) is 4.79 Å². The predicted octanol–water partition coefficient (Wildman–Crippen LogP) is 4.10. The molecule has 2 aromatic heterocycles. The minimum absolute atomic E-state index is 0.0371. The summed E-state index contributed by atoms with van der Waals surface area (Å²) in [6.45, 7) is 4.14. The van der Waals surface area contributed by atoms with Crippen molar-refractivity contribution in [1.82, 2.24) is 19.8 Å². The Morgan fingerprint density at radius 2 is 1.86 bits per heavy atom. The highest BCUT2D eigenvalue weighted by atomic mass is 16.1. The quantitative estimate of drug-likeness (QED) is 0.526. The first-order valence-corrected chi connectivity index (χ1v) is 10.5. The summed E-state index contributed by atoms with van der Waals surface area (Å²) in [7, 11) is 2.08. The van der Waals surface area contributed by atoms with Gasteiger partial charge < -0.3 is 14.8 Å². The number of para-hydroxylation sites is 1. The van der Waals surface area contributed by atoms with Crippen molar-refractivity contribution < 1.29 is 4.79 Å². The summed E-state index contributed by atoms with van der Waals surface area (Å²) in [5, 5.41) is 6.41. The fourth-order valence-electron chi connectivity index (χ4n) is 4.70. The van der Waals surface area contributed by atoms with Crippen molar-refractivity contribution in [2.24, 2.45) is 7.05 Å². The van der Waals surface area contributed by atoms with Gasteiger partial charge in [-0.05, 0) is 63.2 Å². The van der Waals surface area contributed by atoms with Gasteiger partial charge in [-0.25, -0.2) is 0 Å². The number of likely N-dealkylation sites (tertiary alicyclic amines) is 1. The first-order chi connectivity index (χ1) is 14.2. The molecule has 5 heteroatoms. The molecule has 148 valence electrons. The maximum Gasteiger partial charge on any atom is 0.253 e. The molecule has 1 aliphatic heterocycles. The minimum atomic E-state index is -0.0371. The largest absolute Gasteiger partial charge is 0.352 e. The van der Waals surface area contributed by atoms with Gasteiger partial charge in [-0.2, -0.15) is 0 Å². The van der Waals surface area contributed by atoms with Crippen LogP contribution in [0.15, 0.2) is 48.7 Å². The van der Waals surface area contributed by atoms with E-state index >= 15 is 0 Å². The van der Waals surface area contributed by atoms with Gasteiger partial charge >= 0.3 is 0 Å². The lowest BCUT2D eigenvalue weighted by Gasteiger charge is -2.14. The van der Waals surface area contributed by atoms with Crippen LogP contribution in [0.1, 0.15) is 29.6 Å². The van der Waals surface area contributed by atoms with Gasteiger partial charge in [0.05, 0.1) is 16.6 Å². The molecule has 0 unspecified atom stereocenters. The summed E-state index contributed by atoms with van der Waals surface area (Å²) < 4.78 is 2.20. The zero-order valence-electron chi connectivity index (χ0n) is 16.8. The topological polar surface area (TPSA) is 50.2 Å². The number of hydrogen-bond acceptors (Lipinski definition) is 3. The lowest BCUT2D eigenvalue weighted by atomic mass is 10.0. The molecule has 1 saturated heterocycles. The van der Waals surface area contributed by atoms with E-state index in [4.69, 9.17) is 0 Å². The van der Waals surface area contributed by atoms with Crippen molar-refractivity contribution in [3.63, 3.8) is 0 Å². The maximum absolute atomic E-state index is 13.1. The Labute approximate surface area is 170 Å². The molecule has 1 aliphatic rings. The van der Waals surface area contributed by atoms with E-state index in [0.717, 1.165) is 40.3 Å². The Bertz CT molecular complexity index is 1200. The summed E-state index contributed by atoms with van der Waals surface area (Å²) in [5.41, 5.74) is 3.71. The molecule has 29 heavy (non-hydrogen) atoms. The van der Waals surface area contributed by atoms with Gasteiger partial charge in [0.2, 0.25) is 0 Å². The van der Waals surface area contributed by atoms with E-state index in [0.29, 0.717) is 12.1 Å². The van der Waals surface area contributed by atoms with E-state index < -0.39 is 0 Å². The molecule has 2 aromatic carbocycles. The Morgan fingerprint density at radius 3 is 2.72 bits per heavy atom. The van der Waals surface area contributed by atoms with E-state index in [-0.39, 0.29) is 5.91 Å². The molecule has 1 amide bonds. The van der Waals surface area contributed by atoms with Crippen LogP contribution in [-0.2, 0) is 7.05 Å². The van der Waals surface area contributed by atoms with Crippen LogP contribution >= 0.6 is 0 Å². The zero-order valence-corrected chi connectivity index (χ0v) is 16.8. The smallest absolute Gasteiger partial charge is 0.253 e. The summed E-state index contributed by atoms with van der Waals surface area (Å²) in [6, 6.07) is 14.4. The SMILES string of the molecule is Cn1c2ccccc2c2cc(C(=O)NCCCN3CCCC3)c3ncccc3c21. The van der Waals surface area contributed by atoms with E-state index in [2.05, 4.69) is 51.1 Å². The summed E-state index contributed by atoms with van der Waals surface area (Å²) in [6.07, 6.45) is 5.35. The number of carbonyl (C=O) groups is 1. The average Bonchev–Trinajstić information content (AvgIpc) is 3.37. The third-order valence-corrected chi connectivity index (χ3v) is 6.13. The second-order valence-electron chi connectivity index (χ2n) is 7.95. The van der Waals surface area contributed by atoms with Crippen molar-refractivity contribution in [3.8, 4) is 0 Å². The zero-order chi connectivity index (χ0) is 19.8. The molecule has 0 bridgehead atoms. The normalized spacial score (nSPS) is 14.9. The van der Waals surface area contributed by atoms with E-state index in [1.807, 2.05) is 18.2 Å². The fraction of sp³-hybridized carbons (Fsp3) is 0.333. The molecular formula is C24H26N4O. The third-order valence-electron chi connectivity index (χ3n) is 6.13. The van der Waals surface area contributed by atoms with Gasteiger partial charge in [0.15, 0.2) is 0 Å². The summed E-state index contributed by atoms with van der Waals surface area (Å²) in [5.74, 6) is -0.0371. The van der Waals surface area contributed by atoms with Crippen LogP contribution in [0.4, 0.5) is 0 Å². The van der Waals surface area contributed by atoms with Crippen LogP contribution in [-0.4, -0.2) is 46.5 Å². The van der Waals surface area contributed by atoms with E-state index in [1.54, 1.807) is 6.20 Å². The molecule has 4 aromatic rings. The maximum atomic E-state index is 13.1. The monoisotopic (exact) mass is 386 g/mol. The van der Waals surface area contributed by atoms with Crippen molar-refractivity contribution in [3.05, 3.63) is 54.2 Å². The number of nitrogens with one attached hydrogen (secondary N) is 1. The number of nitrogens with zero attached hydrogens (tertiary/aromatic N) is 3. The molecule has 0 radical (unpaired) electrons. The highest BCUT2D eigenvalue weighted by molar-refractivity contribution is 6.21. The molecule has 1 fully saturated rings. The van der Waals surface area contributed by atoms with Crippen molar-refractivity contribution in [2.45, 2.75) is 19.3 Å². The average molecular weight is 386 g/mol. The number of rotatable bonds is 5. The molecule has 3 heterocycles. The second-order valence-corrected chi connectivity index (χ2v) is 7.95. The highest BCUT2D eigenvalue weighted by Crippen LogP contribution is 2.34. The number of benzene rings is 2. The lowest BCUT2D eigenvalue weighted by Crippen LogP contribution is -2.28. The van der Waals surface area contributed by atoms with Gasteiger partial charge in [0.1, 0.15) is 0 Å². The van der Waals surface area contributed by atoms with Gasteiger partial charge in [0, 0.05) is 41.5 Å². The van der Waals surface area contributed by atoms with E-state index in [1.165, 1.54) is 31.3 Å². The molecule has 0 saturated carbocycles. The van der Waals surface area contributed by atoms with Gasteiger partial charge in [-0.1, -0.05) is 18.2 Å². The minimum Gasteiger partial charge on any atom is -0.352 e. The number of aromatic nitrogens is 2. The van der Waals surface area contributed by atoms with Crippen molar-refractivity contribution in [1.29, 1.82) is 0 Å². The van der Waals surface area contributed by atoms with Crippen LogP contribution in [0.25, 0.3) is 32.7 Å². The van der Waals surface area contributed by atoms with Gasteiger partial charge in [-0.15, -0.1) is 0 Å². The molecule has 0 atom stereocenters. The number of aryl methyl sites for hydroxylation is 1. The Kier molecular flexibility index (Phi) is 4.68. The van der Waals surface area contributed by atoms with Crippen molar-refractivity contribution in [2.75, 3.05) is 26.2 Å². The van der Waals surface area contributed by atoms with Crippen molar-refractivity contribution >= 4 is 38.6 Å². The van der Waals surface area contributed by atoms with Crippen LogP contribution in [0.3, 0.4) is 0 Å². The number of carbonyl (C=O) groups excluding carboxylic acids is 1. The highest BCUT2D eigenvalue weighted by Gasteiger charge is 2.18. The lowest BCUT2D eigenvalue weighted by molar-refractivity contribution is 0.0953. The Balaban J connectivity index is 1.50. The molecular weight excluding hydrogens is 360 g/mol. The first kappa shape index (κ1) is 18.1. The van der Waals surface area contributed by atoms with Gasteiger partial charge in [-0.3, -0.25) is 9.78 Å². The molecule has 0 spiro atoms. The fourth-order valence-corrected chi connectivity index (χ4v) is 4.70. The van der Waals surface area contributed by atoms with Gasteiger partial charge in [0.25, 0.3) is 5.91 Å². The molecule has 5 nitrogen and oxygen atoms in total. The Morgan fingerprint density at radius 1 is 1.07 bits per heavy atom. The number of amides is 1. The summed E-state index contributed by atoms with van der Waals surface area (Å²) in [4.78, 5) is 20.1. The standard InChI is InChI=1S/C24H26N4O/c1-27-21-10-3-2-8-17(21)19-16-20(22-18(23(19)27)9-6-11-25-22)24(29)26-12-7-15-28-13-4-5-14-28/h2-3,6,8-11,16H,4-5,7,12-15H2,1H3,(H,26,29). The third kappa shape index (κ3) is 3.15. The first-order valence-electron chi connectivity index (χ1n) is 10.5. The molecule has 5 rings (SSSR count). The predicted molar refractivity (Wildman–Crippen MR) is 118 cm³/mol. The number of hydrogen-bond donors (Lipinski definition) is 1. The van der Waals surface area contributed by atoms with Crippen LogP contribution in [0, 0.1) is 0 Å². The van der Waals surface area contributed by atoms with Crippen LogP contribution < -0.4 is 5.32 Å². The number of fused-ring (bicyclic) bond motifs is 5.